The van der Waals surface area contributed by atoms with Gasteiger partial charge < -0.3 is 10.2 Å². The van der Waals surface area contributed by atoms with Crippen LogP contribution in [-0.4, -0.2) is 37.6 Å². The molecule has 18 heavy (non-hydrogen) atoms. The molecule has 3 rings (SSSR count). The monoisotopic (exact) mass is 244 g/mol. The van der Waals surface area contributed by atoms with Crippen molar-refractivity contribution >= 4 is 0 Å². The SMILES string of the molecule is CC1Cc2ccc(CCN3CCNCC3)cc2C1. The summed E-state index contributed by atoms with van der Waals surface area (Å²) in [4.78, 5) is 2.58. The van der Waals surface area contributed by atoms with Gasteiger partial charge in [-0.1, -0.05) is 25.1 Å². The summed E-state index contributed by atoms with van der Waals surface area (Å²) in [6.45, 7) is 8.31. The number of hydrogen-bond acceptors (Lipinski definition) is 2. The van der Waals surface area contributed by atoms with E-state index < -0.39 is 0 Å². The molecule has 1 N–H and O–H groups in total. The number of nitrogens with one attached hydrogen (secondary N) is 1. The molecule has 2 nitrogen and oxygen atoms in total. The fourth-order valence-corrected chi connectivity index (χ4v) is 3.27. The summed E-state index contributed by atoms with van der Waals surface area (Å²) >= 11 is 0. The molecular formula is C16H24N2. The molecule has 1 aromatic carbocycles. The zero-order valence-electron chi connectivity index (χ0n) is 11.4. The molecule has 0 amide bonds. The van der Waals surface area contributed by atoms with Crippen LogP contribution in [0.3, 0.4) is 0 Å². The Kier molecular flexibility index (Phi) is 3.67. The summed E-state index contributed by atoms with van der Waals surface area (Å²) in [5.41, 5.74) is 4.73. The topological polar surface area (TPSA) is 15.3 Å². The van der Waals surface area contributed by atoms with Crippen LogP contribution in [0.5, 0.6) is 0 Å². The summed E-state index contributed by atoms with van der Waals surface area (Å²) < 4.78 is 0. The Bertz CT molecular complexity index is 408. The third-order valence-corrected chi connectivity index (χ3v) is 4.33. The zero-order chi connectivity index (χ0) is 12.4. The molecule has 0 spiro atoms. The molecular weight excluding hydrogens is 220 g/mol. The third-order valence-electron chi connectivity index (χ3n) is 4.33. The first-order valence-corrected chi connectivity index (χ1v) is 7.35. The smallest absolute Gasteiger partial charge is 0.0108 e. The summed E-state index contributed by atoms with van der Waals surface area (Å²) in [5.74, 6) is 0.850. The van der Waals surface area contributed by atoms with Crippen LogP contribution in [0.25, 0.3) is 0 Å². The van der Waals surface area contributed by atoms with Gasteiger partial charge >= 0.3 is 0 Å². The minimum atomic E-state index is 0.850. The van der Waals surface area contributed by atoms with E-state index in [4.69, 9.17) is 0 Å². The zero-order valence-corrected chi connectivity index (χ0v) is 11.4. The Morgan fingerprint density at radius 2 is 1.94 bits per heavy atom. The van der Waals surface area contributed by atoms with Gasteiger partial charge in [0.25, 0.3) is 0 Å². The van der Waals surface area contributed by atoms with Crippen molar-refractivity contribution in [2.75, 3.05) is 32.7 Å². The first-order chi connectivity index (χ1) is 8.81. The van der Waals surface area contributed by atoms with E-state index >= 15 is 0 Å². The van der Waals surface area contributed by atoms with Crippen molar-refractivity contribution in [3.63, 3.8) is 0 Å². The lowest BCUT2D eigenvalue weighted by atomic mass is 10.0. The second-order valence-corrected chi connectivity index (χ2v) is 5.96. The van der Waals surface area contributed by atoms with E-state index in [2.05, 4.69) is 35.3 Å². The van der Waals surface area contributed by atoms with Gasteiger partial charge in [-0.15, -0.1) is 0 Å². The van der Waals surface area contributed by atoms with Crippen LogP contribution in [0.1, 0.15) is 23.6 Å². The normalized spacial score (nSPS) is 24.2. The first kappa shape index (κ1) is 12.2. The largest absolute Gasteiger partial charge is 0.314 e. The van der Waals surface area contributed by atoms with Crippen molar-refractivity contribution in [3.8, 4) is 0 Å². The third kappa shape index (κ3) is 2.76. The Morgan fingerprint density at radius 1 is 1.17 bits per heavy atom. The molecule has 1 aliphatic carbocycles. The van der Waals surface area contributed by atoms with Crippen LogP contribution >= 0.6 is 0 Å². The maximum Gasteiger partial charge on any atom is 0.0108 e. The summed E-state index contributed by atoms with van der Waals surface area (Å²) in [6.07, 6.45) is 3.78. The van der Waals surface area contributed by atoms with Crippen molar-refractivity contribution in [2.24, 2.45) is 5.92 Å². The Hall–Kier alpha value is -0.860. The van der Waals surface area contributed by atoms with Crippen LogP contribution in [0.4, 0.5) is 0 Å². The van der Waals surface area contributed by atoms with Gasteiger partial charge in [0, 0.05) is 32.7 Å². The van der Waals surface area contributed by atoms with Gasteiger partial charge in [0.15, 0.2) is 0 Å². The molecule has 1 saturated heterocycles. The molecule has 0 saturated carbocycles. The van der Waals surface area contributed by atoms with E-state index in [1.54, 1.807) is 11.1 Å². The maximum atomic E-state index is 3.41. The lowest BCUT2D eigenvalue weighted by Gasteiger charge is -2.27. The lowest BCUT2D eigenvalue weighted by molar-refractivity contribution is 0.244. The highest BCUT2D eigenvalue weighted by Crippen LogP contribution is 2.27. The molecule has 1 heterocycles. The van der Waals surface area contributed by atoms with Gasteiger partial charge in [-0.25, -0.2) is 0 Å². The number of piperazine rings is 1. The van der Waals surface area contributed by atoms with E-state index in [1.165, 1.54) is 44.5 Å². The van der Waals surface area contributed by atoms with Gasteiger partial charge in [0.1, 0.15) is 0 Å². The van der Waals surface area contributed by atoms with Crippen LogP contribution < -0.4 is 5.32 Å². The Balaban J connectivity index is 1.58. The number of fused-ring (bicyclic) bond motifs is 1. The van der Waals surface area contributed by atoms with E-state index in [0.717, 1.165) is 19.0 Å². The number of benzene rings is 1. The minimum Gasteiger partial charge on any atom is -0.314 e. The summed E-state index contributed by atoms with van der Waals surface area (Å²) in [5, 5.41) is 3.41. The molecule has 2 aliphatic rings. The van der Waals surface area contributed by atoms with Gasteiger partial charge in [-0.3, -0.25) is 0 Å². The quantitative estimate of drug-likeness (QED) is 0.873. The van der Waals surface area contributed by atoms with Crippen molar-refractivity contribution in [2.45, 2.75) is 26.2 Å². The molecule has 0 radical (unpaired) electrons. The maximum absolute atomic E-state index is 3.41. The Morgan fingerprint density at radius 3 is 2.78 bits per heavy atom. The van der Waals surface area contributed by atoms with E-state index in [0.29, 0.717) is 0 Å². The summed E-state index contributed by atoms with van der Waals surface area (Å²) in [7, 11) is 0. The predicted octanol–water partition coefficient (Wildman–Crippen LogP) is 1.87. The highest BCUT2D eigenvalue weighted by atomic mass is 15.2. The predicted molar refractivity (Wildman–Crippen MR) is 76.0 cm³/mol. The van der Waals surface area contributed by atoms with Crippen LogP contribution in [0, 0.1) is 5.92 Å². The Labute approximate surface area is 110 Å². The van der Waals surface area contributed by atoms with Gasteiger partial charge in [-0.2, -0.15) is 0 Å². The number of hydrogen-bond donors (Lipinski definition) is 1. The number of rotatable bonds is 3. The van der Waals surface area contributed by atoms with Crippen LogP contribution in [-0.2, 0) is 19.3 Å². The molecule has 0 aromatic heterocycles. The van der Waals surface area contributed by atoms with Crippen molar-refractivity contribution in [3.05, 3.63) is 34.9 Å². The fraction of sp³-hybridized carbons (Fsp3) is 0.625. The second kappa shape index (κ2) is 5.41. The van der Waals surface area contributed by atoms with Crippen molar-refractivity contribution < 1.29 is 0 Å². The molecule has 0 bridgehead atoms. The average molecular weight is 244 g/mol. The molecule has 1 atom stereocenters. The minimum absolute atomic E-state index is 0.850. The molecule has 1 aromatic rings. The van der Waals surface area contributed by atoms with Crippen LogP contribution in [0.15, 0.2) is 18.2 Å². The van der Waals surface area contributed by atoms with Crippen molar-refractivity contribution in [1.82, 2.24) is 10.2 Å². The van der Waals surface area contributed by atoms with E-state index in [9.17, 15) is 0 Å². The van der Waals surface area contributed by atoms with Gasteiger partial charge in [-0.05, 0) is 41.9 Å². The van der Waals surface area contributed by atoms with Crippen molar-refractivity contribution in [1.29, 1.82) is 0 Å². The molecule has 1 aliphatic heterocycles. The number of nitrogens with zero attached hydrogens (tertiary/aromatic N) is 1. The molecule has 98 valence electrons. The molecule has 1 fully saturated rings. The van der Waals surface area contributed by atoms with Gasteiger partial charge in [0.2, 0.25) is 0 Å². The fourth-order valence-electron chi connectivity index (χ4n) is 3.27. The highest BCUT2D eigenvalue weighted by Gasteiger charge is 2.17. The standard InChI is InChI=1S/C16H24N2/c1-13-10-15-3-2-14(12-16(15)11-13)4-7-18-8-5-17-6-9-18/h2-3,12-13,17H,4-11H2,1H3. The highest BCUT2D eigenvalue weighted by molar-refractivity contribution is 5.36. The molecule has 2 heteroatoms. The van der Waals surface area contributed by atoms with E-state index in [1.807, 2.05) is 0 Å². The first-order valence-electron chi connectivity index (χ1n) is 7.35. The average Bonchev–Trinajstić information content (AvgIpc) is 2.77. The van der Waals surface area contributed by atoms with Gasteiger partial charge in [0.05, 0.1) is 0 Å². The van der Waals surface area contributed by atoms with Crippen LogP contribution in [0.2, 0.25) is 0 Å². The lowest BCUT2D eigenvalue weighted by Crippen LogP contribution is -2.44. The summed E-state index contributed by atoms with van der Waals surface area (Å²) in [6, 6.07) is 7.17. The second-order valence-electron chi connectivity index (χ2n) is 5.96. The van der Waals surface area contributed by atoms with E-state index in [-0.39, 0.29) is 0 Å². The molecule has 1 unspecified atom stereocenters.